The number of benzene rings is 1. The van der Waals surface area contributed by atoms with Crippen LogP contribution in [-0.2, 0) is 6.54 Å². The van der Waals surface area contributed by atoms with E-state index in [0.717, 1.165) is 6.07 Å². The van der Waals surface area contributed by atoms with Gasteiger partial charge in [-0.1, -0.05) is 0 Å². The predicted molar refractivity (Wildman–Crippen MR) is 51.0 cm³/mol. The van der Waals surface area contributed by atoms with Crippen LogP contribution in [0.15, 0.2) is 12.1 Å². The van der Waals surface area contributed by atoms with Gasteiger partial charge in [-0.25, -0.2) is 15.4 Å². The van der Waals surface area contributed by atoms with E-state index in [1.807, 2.05) is 0 Å². The topological polar surface area (TPSA) is 7.60 Å². The van der Waals surface area contributed by atoms with Crippen LogP contribution in [0.4, 0.5) is 14.5 Å². The van der Waals surface area contributed by atoms with Crippen molar-refractivity contribution in [1.82, 2.24) is 0 Å². The minimum absolute atomic E-state index is 0.0602. The lowest BCUT2D eigenvalue weighted by atomic mass is 10.1. The Balaban J connectivity index is 3.31. The average Bonchev–Trinajstić information content (AvgIpc) is 2.11. The molecule has 0 heterocycles. The minimum atomic E-state index is -0.892. The standard InChI is InChI=1S/C10H10F2N2/c1-13-6-7-4-5-8(11)9(12)10(7)14(2)3/h4-5H,6H2,2-3H3. The Bertz CT molecular complexity index is 380. The molecular formula is C10H10F2N2. The summed E-state index contributed by atoms with van der Waals surface area (Å²) >= 11 is 0. The largest absolute Gasteiger partial charge is 0.375 e. The lowest BCUT2D eigenvalue weighted by molar-refractivity contribution is 0.507. The molecule has 0 amide bonds. The first-order valence-corrected chi connectivity index (χ1v) is 4.05. The number of hydrogen-bond donors (Lipinski definition) is 0. The maximum atomic E-state index is 13.3. The first-order chi connectivity index (χ1) is 6.57. The summed E-state index contributed by atoms with van der Waals surface area (Å²) in [5, 5.41) is 0. The Morgan fingerprint density at radius 3 is 2.50 bits per heavy atom. The molecule has 0 saturated carbocycles. The first kappa shape index (κ1) is 10.5. The second-order valence-electron chi connectivity index (χ2n) is 3.08. The van der Waals surface area contributed by atoms with Gasteiger partial charge in [-0.05, 0) is 12.1 Å². The van der Waals surface area contributed by atoms with Crippen LogP contribution in [0.1, 0.15) is 5.56 Å². The highest BCUT2D eigenvalue weighted by Crippen LogP contribution is 2.25. The smallest absolute Gasteiger partial charge is 0.241 e. The molecule has 1 aromatic carbocycles. The van der Waals surface area contributed by atoms with E-state index < -0.39 is 11.6 Å². The van der Waals surface area contributed by atoms with Crippen LogP contribution in [0, 0.1) is 18.2 Å². The predicted octanol–water partition coefficient (Wildman–Crippen LogP) is 2.45. The van der Waals surface area contributed by atoms with Gasteiger partial charge in [0.1, 0.15) is 0 Å². The molecule has 0 spiro atoms. The molecule has 0 radical (unpaired) electrons. The van der Waals surface area contributed by atoms with Gasteiger partial charge < -0.3 is 9.74 Å². The zero-order valence-corrected chi connectivity index (χ0v) is 8.01. The van der Waals surface area contributed by atoms with E-state index in [1.165, 1.54) is 11.0 Å². The Morgan fingerprint density at radius 1 is 1.36 bits per heavy atom. The van der Waals surface area contributed by atoms with E-state index in [2.05, 4.69) is 4.85 Å². The molecular weight excluding hydrogens is 186 g/mol. The van der Waals surface area contributed by atoms with Gasteiger partial charge in [0.15, 0.2) is 11.6 Å². The van der Waals surface area contributed by atoms with E-state index in [0.29, 0.717) is 5.56 Å². The number of rotatable bonds is 2. The third-order valence-electron chi connectivity index (χ3n) is 1.85. The molecule has 0 atom stereocenters. The zero-order valence-electron chi connectivity index (χ0n) is 8.01. The molecule has 0 unspecified atom stereocenters. The third-order valence-corrected chi connectivity index (χ3v) is 1.85. The average molecular weight is 196 g/mol. The summed E-state index contributed by atoms with van der Waals surface area (Å²) in [5.74, 6) is -1.78. The first-order valence-electron chi connectivity index (χ1n) is 4.05. The molecule has 0 bridgehead atoms. The van der Waals surface area contributed by atoms with Crippen LogP contribution in [0.2, 0.25) is 0 Å². The van der Waals surface area contributed by atoms with Crippen LogP contribution in [0.3, 0.4) is 0 Å². The van der Waals surface area contributed by atoms with Crippen LogP contribution in [0.5, 0.6) is 0 Å². The summed E-state index contributed by atoms with van der Waals surface area (Å²) in [7, 11) is 3.23. The molecule has 0 aliphatic heterocycles. The van der Waals surface area contributed by atoms with Crippen LogP contribution in [0.25, 0.3) is 4.85 Å². The van der Waals surface area contributed by atoms with Crippen molar-refractivity contribution in [2.45, 2.75) is 6.54 Å². The Kier molecular flexibility index (Phi) is 3.03. The summed E-state index contributed by atoms with van der Waals surface area (Å²) < 4.78 is 26.2. The van der Waals surface area contributed by atoms with E-state index in [4.69, 9.17) is 6.57 Å². The number of halogens is 2. The summed E-state index contributed by atoms with van der Waals surface area (Å²) in [5.41, 5.74) is 0.657. The molecule has 14 heavy (non-hydrogen) atoms. The highest BCUT2D eigenvalue weighted by atomic mass is 19.2. The Labute approximate surface area is 81.6 Å². The van der Waals surface area contributed by atoms with Gasteiger partial charge in [-0.3, -0.25) is 0 Å². The van der Waals surface area contributed by atoms with Crippen LogP contribution < -0.4 is 4.90 Å². The van der Waals surface area contributed by atoms with Gasteiger partial charge >= 0.3 is 0 Å². The van der Waals surface area contributed by atoms with E-state index >= 15 is 0 Å². The number of anilines is 1. The van der Waals surface area contributed by atoms with Gasteiger partial charge in [-0.15, -0.1) is 0 Å². The summed E-state index contributed by atoms with van der Waals surface area (Å²) in [6.45, 7) is 6.75. The molecule has 0 N–H and O–H groups in total. The molecule has 1 aromatic rings. The highest BCUT2D eigenvalue weighted by Gasteiger charge is 2.16. The van der Waals surface area contributed by atoms with E-state index in [-0.39, 0.29) is 12.2 Å². The summed E-state index contributed by atoms with van der Waals surface area (Å²) in [6.07, 6.45) is 0. The van der Waals surface area contributed by atoms with Crippen molar-refractivity contribution >= 4 is 5.69 Å². The van der Waals surface area contributed by atoms with Crippen molar-refractivity contribution in [3.05, 3.63) is 40.7 Å². The fourth-order valence-corrected chi connectivity index (χ4v) is 1.28. The minimum Gasteiger partial charge on any atom is -0.375 e. The Hall–Kier alpha value is -1.63. The second-order valence-corrected chi connectivity index (χ2v) is 3.08. The van der Waals surface area contributed by atoms with Crippen LogP contribution in [-0.4, -0.2) is 14.1 Å². The van der Waals surface area contributed by atoms with Gasteiger partial charge in [-0.2, -0.15) is 0 Å². The lowest BCUT2D eigenvalue weighted by Crippen LogP contribution is -2.14. The molecule has 0 fully saturated rings. The lowest BCUT2D eigenvalue weighted by Gasteiger charge is -2.16. The fourth-order valence-electron chi connectivity index (χ4n) is 1.28. The van der Waals surface area contributed by atoms with Crippen molar-refractivity contribution in [2.24, 2.45) is 0 Å². The molecule has 2 nitrogen and oxygen atoms in total. The quantitative estimate of drug-likeness (QED) is 0.659. The van der Waals surface area contributed by atoms with Crippen molar-refractivity contribution < 1.29 is 8.78 Å². The monoisotopic (exact) mass is 196 g/mol. The normalized spacial score (nSPS) is 9.64. The van der Waals surface area contributed by atoms with Crippen molar-refractivity contribution in [3.8, 4) is 0 Å². The molecule has 0 aromatic heterocycles. The Morgan fingerprint density at radius 2 is 2.00 bits per heavy atom. The van der Waals surface area contributed by atoms with Gasteiger partial charge in [0, 0.05) is 14.1 Å². The van der Waals surface area contributed by atoms with Crippen LogP contribution >= 0.6 is 0 Å². The molecule has 1 rings (SSSR count). The fraction of sp³-hybridized carbons (Fsp3) is 0.300. The molecule has 0 aliphatic rings. The van der Waals surface area contributed by atoms with Crippen molar-refractivity contribution in [2.75, 3.05) is 19.0 Å². The van der Waals surface area contributed by atoms with E-state index in [1.54, 1.807) is 14.1 Å². The highest BCUT2D eigenvalue weighted by molar-refractivity contribution is 5.54. The van der Waals surface area contributed by atoms with Gasteiger partial charge in [0.05, 0.1) is 11.3 Å². The third kappa shape index (κ3) is 1.82. The maximum Gasteiger partial charge on any atom is 0.241 e. The number of nitrogens with zero attached hydrogens (tertiary/aromatic N) is 2. The summed E-state index contributed by atoms with van der Waals surface area (Å²) in [4.78, 5) is 4.63. The second kappa shape index (κ2) is 4.05. The van der Waals surface area contributed by atoms with Gasteiger partial charge in [0.25, 0.3) is 0 Å². The van der Waals surface area contributed by atoms with E-state index in [9.17, 15) is 8.78 Å². The van der Waals surface area contributed by atoms with Crippen molar-refractivity contribution in [3.63, 3.8) is 0 Å². The summed E-state index contributed by atoms with van der Waals surface area (Å²) in [6, 6.07) is 2.48. The van der Waals surface area contributed by atoms with Gasteiger partial charge in [0.2, 0.25) is 6.54 Å². The maximum absolute atomic E-state index is 13.3. The SMILES string of the molecule is [C-]#[N+]Cc1ccc(F)c(F)c1N(C)C. The molecule has 0 saturated heterocycles. The number of hydrogen-bond acceptors (Lipinski definition) is 1. The molecule has 0 aliphatic carbocycles. The zero-order chi connectivity index (χ0) is 10.7. The molecule has 4 heteroatoms. The molecule has 74 valence electrons. The van der Waals surface area contributed by atoms with Crippen molar-refractivity contribution in [1.29, 1.82) is 0 Å².